The average molecular weight is 204 g/mol. The molecule has 0 aromatic heterocycles. The van der Waals surface area contributed by atoms with Gasteiger partial charge in [-0.15, -0.1) is 0 Å². The van der Waals surface area contributed by atoms with Gasteiger partial charge < -0.3 is 15.8 Å². The number of nitrogens with one attached hydrogen (secondary N) is 1. The molecule has 0 aromatic carbocycles. The molecule has 4 heteroatoms. The maximum Gasteiger partial charge on any atom is 0.0790 e. The first kappa shape index (κ1) is 11.3. The summed E-state index contributed by atoms with van der Waals surface area (Å²) in [6.45, 7) is 6.93. The summed E-state index contributed by atoms with van der Waals surface area (Å²) >= 11 is 1.88. The Morgan fingerprint density at radius 2 is 2.38 bits per heavy atom. The number of rotatable bonds is 4. The van der Waals surface area contributed by atoms with E-state index < -0.39 is 0 Å². The van der Waals surface area contributed by atoms with Crippen molar-refractivity contribution < 1.29 is 4.74 Å². The normalized spacial score (nSPS) is 24.7. The SMILES string of the molecule is CC(C)(N)CSCC1CNCCO1. The van der Waals surface area contributed by atoms with Crippen LogP contribution in [-0.4, -0.2) is 42.8 Å². The molecule has 3 N–H and O–H groups in total. The molecule has 1 atom stereocenters. The van der Waals surface area contributed by atoms with Gasteiger partial charge in [-0.3, -0.25) is 0 Å². The third-order valence-electron chi connectivity index (χ3n) is 1.78. The first-order valence-electron chi connectivity index (χ1n) is 4.77. The van der Waals surface area contributed by atoms with E-state index in [9.17, 15) is 0 Å². The van der Waals surface area contributed by atoms with Crippen LogP contribution >= 0.6 is 11.8 Å². The van der Waals surface area contributed by atoms with Crippen molar-refractivity contribution in [2.75, 3.05) is 31.2 Å². The predicted octanol–water partition coefficient (Wildman–Crippen LogP) is 0.445. The lowest BCUT2D eigenvalue weighted by Crippen LogP contribution is -2.41. The van der Waals surface area contributed by atoms with Gasteiger partial charge in [0, 0.05) is 30.1 Å². The molecule has 3 nitrogen and oxygen atoms in total. The van der Waals surface area contributed by atoms with Crippen LogP contribution in [-0.2, 0) is 4.74 Å². The van der Waals surface area contributed by atoms with Crippen LogP contribution in [0.4, 0.5) is 0 Å². The smallest absolute Gasteiger partial charge is 0.0790 e. The molecular weight excluding hydrogens is 184 g/mol. The molecule has 1 aliphatic rings. The minimum Gasteiger partial charge on any atom is -0.375 e. The first-order chi connectivity index (χ1) is 6.08. The van der Waals surface area contributed by atoms with Crippen molar-refractivity contribution in [1.82, 2.24) is 5.32 Å². The van der Waals surface area contributed by atoms with Gasteiger partial charge in [0.15, 0.2) is 0 Å². The van der Waals surface area contributed by atoms with Gasteiger partial charge in [-0.2, -0.15) is 11.8 Å². The zero-order chi connectivity index (χ0) is 9.73. The van der Waals surface area contributed by atoms with E-state index in [0.717, 1.165) is 31.2 Å². The van der Waals surface area contributed by atoms with Gasteiger partial charge in [-0.05, 0) is 13.8 Å². The summed E-state index contributed by atoms with van der Waals surface area (Å²) in [5, 5.41) is 3.31. The van der Waals surface area contributed by atoms with Gasteiger partial charge in [0.25, 0.3) is 0 Å². The van der Waals surface area contributed by atoms with Crippen molar-refractivity contribution in [2.24, 2.45) is 5.73 Å². The molecule has 13 heavy (non-hydrogen) atoms. The fourth-order valence-corrected chi connectivity index (χ4v) is 2.30. The van der Waals surface area contributed by atoms with Crippen molar-refractivity contribution in [3.05, 3.63) is 0 Å². The Morgan fingerprint density at radius 1 is 1.62 bits per heavy atom. The number of morpholine rings is 1. The van der Waals surface area contributed by atoms with Crippen LogP contribution in [0.1, 0.15) is 13.8 Å². The highest BCUT2D eigenvalue weighted by Gasteiger charge is 2.15. The van der Waals surface area contributed by atoms with E-state index in [4.69, 9.17) is 10.5 Å². The Hall–Kier alpha value is 0.230. The van der Waals surface area contributed by atoms with Gasteiger partial charge in [-0.1, -0.05) is 0 Å². The average Bonchev–Trinajstić information content (AvgIpc) is 2.04. The van der Waals surface area contributed by atoms with Crippen molar-refractivity contribution in [1.29, 1.82) is 0 Å². The third-order valence-corrected chi connectivity index (χ3v) is 3.34. The summed E-state index contributed by atoms with van der Waals surface area (Å²) in [5.41, 5.74) is 5.81. The second-order valence-electron chi connectivity index (χ2n) is 4.20. The molecule has 0 saturated carbocycles. The maximum atomic E-state index is 5.87. The van der Waals surface area contributed by atoms with Crippen LogP contribution in [0, 0.1) is 0 Å². The minimum atomic E-state index is -0.0627. The van der Waals surface area contributed by atoms with Gasteiger partial charge in [0.05, 0.1) is 12.7 Å². The summed E-state index contributed by atoms with van der Waals surface area (Å²) in [6, 6.07) is 0. The van der Waals surface area contributed by atoms with Gasteiger partial charge in [0.1, 0.15) is 0 Å². The molecule has 1 heterocycles. The van der Waals surface area contributed by atoms with Crippen LogP contribution in [0.5, 0.6) is 0 Å². The predicted molar refractivity (Wildman–Crippen MR) is 58.2 cm³/mol. The number of hydrogen-bond acceptors (Lipinski definition) is 4. The Kier molecular flexibility index (Phi) is 4.52. The zero-order valence-corrected chi connectivity index (χ0v) is 9.32. The summed E-state index contributed by atoms with van der Waals surface area (Å²) in [5.74, 6) is 2.04. The quantitative estimate of drug-likeness (QED) is 0.698. The molecule has 0 bridgehead atoms. The van der Waals surface area contributed by atoms with Crippen LogP contribution in [0.25, 0.3) is 0 Å². The second kappa shape index (κ2) is 5.20. The molecule has 78 valence electrons. The lowest BCUT2D eigenvalue weighted by atomic mass is 10.1. The van der Waals surface area contributed by atoms with Crippen molar-refractivity contribution >= 4 is 11.8 Å². The largest absolute Gasteiger partial charge is 0.375 e. The molecule has 0 radical (unpaired) electrons. The first-order valence-corrected chi connectivity index (χ1v) is 5.92. The maximum absolute atomic E-state index is 5.87. The molecule has 0 amide bonds. The second-order valence-corrected chi connectivity index (χ2v) is 5.23. The van der Waals surface area contributed by atoms with E-state index in [1.54, 1.807) is 0 Å². The highest BCUT2D eigenvalue weighted by molar-refractivity contribution is 7.99. The number of thioether (sulfide) groups is 1. The lowest BCUT2D eigenvalue weighted by Gasteiger charge is -2.25. The topological polar surface area (TPSA) is 47.3 Å². The molecule has 0 aromatic rings. The van der Waals surface area contributed by atoms with Crippen molar-refractivity contribution in [3.63, 3.8) is 0 Å². The van der Waals surface area contributed by atoms with Crippen molar-refractivity contribution in [3.8, 4) is 0 Å². The summed E-state index contributed by atoms with van der Waals surface area (Å²) in [6.07, 6.45) is 0.376. The van der Waals surface area contributed by atoms with Gasteiger partial charge >= 0.3 is 0 Å². The van der Waals surface area contributed by atoms with E-state index in [0.29, 0.717) is 6.10 Å². The van der Waals surface area contributed by atoms with Crippen LogP contribution in [0.2, 0.25) is 0 Å². The molecule has 1 unspecified atom stereocenters. The molecular formula is C9H20N2OS. The molecule has 1 aliphatic heterocycles. The summed E-state index contributed by atoms with van der Waals surface area (Å²) in [7, 11) is 0. The fraction of sp³-hybridized carbons (Fsp3) is 1.00. The highest BCUT2D eigenvalue weighted by Crippen LogP contribution is 2.12. The van der Waals surface area contributed by atoms with E-state index in [1.165, 1.54) is 0 Å². The van der Waals surface area contributed by atoms with E-state index in [2.05, 4.69) is 19.2 Å². The molecule has 1 rings (SSSR count). The zero-order valence-electron chi connectivity index (χ0n) is 8.51. The highest BCUT2D eigenvalue weighted by atomic mass is 32.2. The van der Waals surface area contributed by atoms with E-state index in [-0.39, 0.29) is 5.54 Å². The van der Waals surface area contributed by atoms with Crippen LogP contribution in [0.15, 0.2) is 0 Å². The molecule has 1 fully saturated rings. The van der Waals surface area contributed by atoms with E-state index >= 15 is 0 Å². The molecule has 0 spiro atoms. The Bertz CT molecular complexity index is 141. The summed E-state index contributed by atoms with van der Waals surface area (Å²) < 4.78 is 5.57. The fourth-order valence-electron chi connectivity index (χ4n) is 1.18. The van der Waals surface area contributed by atoms with Gasteiger partial charge in [0.2, 0.25) is 0 Å². The number of nitrogens with two attached hydrogens (primary N) is 1. The Morgan fingerprint density at radius 3 is 2.92 bits per heavy atom. The Balaban J connectivity index is 2.04. The molecule has 1 saturated heterocycles. The number of hydrogen-bond donors (Lipinski definition) is 2. The van der Waals surface area contributed by atoms with Gasteiger partial charge in [-0.25, -0.2) is 0 Å². The summed E-state index contributed by atoms with van der Waals surface area (Å²) in [4.78, 5) is 0. The third kappa shape index (κ3) is 5.52. The van der Waals surface area contributed by atoms with Crippen LogP contribution < -0.4 is 11.1 Å². The van der Waals surface area contributed by atoms with Crippen LogP contribution in [0.3, 0.4) is 0 Å². The van der Waals surface area contributed by atoms with E-state index in [1.807, 2.05) is 11.8 Å². The van der Waals surface area contributed by atoms with Crippen molar-refractivity contribution in [2.45, 2.75) is 25.5 Å². The standard InChI is InChI=1S/C9H20N2OS/c1-9(2,10)7-13-6-8-5-11-3-4-12-8/h8,11H,3-7,10H2,1-2H3. The Labute approximate surface area is 84.8 Å². The number of ether oxygens (including phenoxy) is 1. The lowest BCUT2D eigenvalue weighted by molar-refractivity contribution is 0.0440. The minimum absolute atomic E-state index is 0.0627. The monoisotopic (exact) mass is 204 g/mol. The molecule has 0 aliphatic carbocycles.